The van der Waals surface area contributed by atoms with E-state index in [0.717, 1.165) is 31.5 Å². The number of anilines is 1. The number of benzene rings is 1. The van der Waals surface area contributed by atoms with Gasteiger partial charge in [-0.05, 0) is 64.8 Å². The fourth-order valence-electron chi connectivity index (χ4n) is 4.93. The highest BCUT2D eigenvalue weighted by molar-refractivity contribution is 6.05. The number of fused-ring (bicyclic) bond motifs is 1. The first-order chi connectivity index (χ1) is 16.6. The molecule has 2 aliphatic rings. The molecule has 0 radical (unpaired) electrons. The van der Waals surface area contributed by atoms with Crippen LogP contribution in [-0.4, -0.2) is 80.2 Å². The molecular formula is C26H40N4O5. The van der Waals surface area contributed by atoms with Gasteiger partial charge in [0.25, 0.3) is 11.8 Å². The van der Waals surface area contributed by atoms with Gasteiger partial charge in [0, 0.05) is 50.8 Å². The van der Waals surface area contributed by atoms with Crippen LogP contribution in [0.25, 0.3) is 0 Å². The summed E-state index contributed by atoms with van der Waals surface area (Å²) in [5.74, 6) is 0.123. The maximum absolute atomic E-state index is 13.8. The lowest BCUT2D eigenvalue weighted by atomic mass is 9.97. The molecular weight excluding hydrogens is 448 g/mol. The largest absolute Gasteiger partial charge is 0.473 e. The van der Waals surface area contributed by atoms with Crippen molar-refractivity contribution in [1.82, 2.24) is 15.5 Å². The first-order valence-corrected chi connectivity index (χ1v) is 12.6. The summed E-state index contributed by atoms with van der Waals surface area (Å²) in [5.41, 5.74) is 0.675. The molecule has 1 aromatic carbocycles. The molecule has 0 bridgehead atoms. The molecule has 1 saturated heterocycles. The highest BCUT2D eigenvalue weighted by atomic mass is 16.5. The normalized spacial score (nSPS) is 22.0. The van der Waals surface area contributed by atoms with Crippen molar-refractivity contribution in [2.75, 3.05) is 44.8 Å². The Morgan fingerprint density at radius 2 is 2.11 bits per heavy atom. The number of carbonyl (C=O) groups is 3. The summed E-state index contributed by atoms with van der Waals surface area (Å²) in [5, 5.41) is 6.23. The second-order valence-corrected chi connectivity index (χ2v) is 9.87. The average Bonchev–Trinajstić information content (AvgIpc) is 2.81. The molecule has 9 heteroatoms. The topological polar surface area (TPSA) is 100 Å². The molecule has 0 unspecified atom stereocenters. The third-order valence-corrected chi connectivity index (χ3v) is 6.71. The minimum absolute atomic E-state index is 0.0334. The third kappa shape index (κ3) is 5.78. The molecule has 2 N–H and O–H groups in total. The monoisotopic (exact) mass is 488 g/mol. The Labute approximate surface area is 208 Å². The average molecular weight is 489 g/mol. The van der Waals surface area contributed by atoms with Crippen molar-refractivity contribution < 1.29 is 23.9 Å². The van der Waals surface area contributed by atoms with Crippen LogP contribution in [0.3, 0.4) is 0 Å². The number of rotatable bonds is 9. The molecule has 2 atom stereocenters. The fourth-order valence-corrected chi connectivity index (χ4v) is 4.93. The van der Waals surface area contributed by atoms with E-state index >= 15 is 0 Å². The van der Waals surface area contributed by atoms with E-state index in [2.05, 4.69) is 10.6 Å². The lowest BCUT2D eigenvalue weighted by molar-refractivity contribution is -0.138. The molecule has 0 saturated carbocycles. The maximum Gasteiger partial charge on any atom is 0.273 e. The van der Waals surface area contributed by atoms with Crippen LogP contribution < -0.4 is 20.3 Å². The molecule has 1 aromatic rings. The second kappa shape index (κ2) is 11.4. The van der Waals surface area contributed by atoms with Gasteiger partial charge in [0.15, 0.2) is 0 Å². The van der Waals surface area contributed by atoms with Crippen LogP contribution in [0.2, 0.25) is 0 Å². The van der Waals surface area contributed by atoms with Gasteiger partial charge in [-0.1, -0.05) is 6.92 Å². The van der Waals surface area contributed by atoms with Gasteiger partial charge >= 0.3 is 0 Å². The van der Waals surface area contributed by atoms with Gasteiger partial charge in [0.2, 0.25) is 11.5 Å². The zero-order chi connectivity index (χ0) is 25.8. The number of carbonyl (C=O) groups excluding carboxylic acids is 3. The molecule has 3 amide bonds. The van der Waals surface area contributed by atoms with E-state index in [4.69, 9.17) is 9.47 Å². The quantitative estimate of drug-likeness (QED) is 0.553. The Morgan fingerprint density at radius 3 is 2.71 bits per heavy atom. The lowest BCUT2D eigenvalue weighted by Gasteiger charge is -2.41. The Kier molecular flexibility index (Phi) is 8.77. The molecule has 1 fully saturated rings. The van der Waals surface area contributed by atoms with Gasteiger partial charge in [-0.2, -0.15) is 0 Å². The fraction of sp³-hybridized carbons (Fsp3) is 0.654. The number of hydrogen-bond donors (Lipinski definition) is 2. The number of hydrogen-bond acceptors (Lipinski definition) is 6. The van der Waals surface area contributed by atoms with E-state index in [9.17, 15) is 14.4 Å². The van der Waals surface area contributed by atoms with Gasteiger partial charge in [-0.25, -0.2) is 0 Å². The smallest absolute Gasteiger partial charge is 0.273 e. The molecule has 35 heavy (non-hydrogen) atoms. The van der Waals surface area contributed by atoms with Crippen molar-refractivity contribution in [3.63, 3.8) is 0 Å². The number of piperidine rings is 1. The van der Waals surface area contributed by atoms with Gasteiger partial charge < -0.3 is 29.9 Å². The summed E-state index contributed by atoms with van der Waals surface area (Å²) >= 11 is 0. The SMILES string of the molecule is CCC(=O)NCCN1C(=O)[C@@](C)(COC)Oc2cc(C)c(C(=O)N(C(C)C)[C@@H]3CCCNC3)cc21. The predicted molar refractivity (Wildman–Crippen MR) is 135 cm³/mol. The van der Waals surface area contributed by atoms with Crippen molar-refractivity contribution in [1.29, 1.82) is 0 Å². The molecule has 0 spiro atoms. The zero-order valence-corrected chi connectivity index (χ0v) is 21.9. The molecule has 0 aromatic heterocycles. The van der Waals surface area contributed by atoms with Gasteiger partial charge in [-0.15, -0.1) is 0 Å². The van der Waals surface area contributed by atoms with Crippen molar-refractivity contribution in [2.24, 2.45) is 0 Å². The number of aryl methyl sites for hydroxylation is 1. The van der Waals surface area contributed by atoms with Crippen molar-refractivity contribution >= 4 is 23.4 Å². The van der Waals surface area contributed by atoms with E-state index in [1.165, 1.54) is 7.11 Å². The number of amides is 3. The maximum atomic E-state index is 13.8. The Hall–Kier alpha value is -2.65. The highest BCUT2D eigenvalue weighted by Crippen LogP contribution is 2.40. The third-order valence-electron chi connectivity index (χ3n) is 6.71. The van der Waals surface area contributed by atoms with Crippen LogP contribution in [0.15, 0.2) is 12.1 Å². The van der Waals surface area contributed by atoms with Gasteiger partial charge in [-0.3, -0.25) is 14.4 Å². The summed E-state index contributed by atoms with van der Waals surface area (Å²) in [6, 6.07) is 3.75. The summed E-state index contributed by atoms with van der Waals surface area (Å²) in [6.07, 6.45) is 2.36. The molecule has 0 aliphatic carbocycles. The number of methoxy groups -OCH3 is 1. The van der Waals surface area contributed by atoms with Crippen LogP contribution in [0.1, 0.15) is 62.9 Å². The van der Waals surface area contributed by atoms with Crippen LogP contribution in [0.4, 0.5) is 5.69 Å². The summed E-state index contributed by atoms with van der Waals surface area (Å²) in [6.45, 7) is 11.8. The molecule has 2 heterocycles. The van der Waals surface area contributed by atoms with E-state index in [1.54, 1.807) is 24.8 Å². The van der Waals surface area contributed by atoms with Crippen LogP contribution in [0.5, 0.6) is 5.75 Å². The Morgan fingerprint density at radius 1 is 1.37 bits per heavy atom. The van der Waals surface area contributed by atoms with Crippen molar-refractivity contribution in [3.8, 4) is 5.75 Å². The molecule has 9 nitrogen and oxygen atoms in total. The number of nitrogens with one attached hydrogen (secondary N) is 2. The van der Waals surface area contributed by atoms with E-state index < -0.39 is 5.60 Å². The minimum atomic E-state index is -1.20. The second-order valence-electron chi connectivity index (χ2n) is 9.87. The Bertz CT molecular complexity index is 944. The van der Waals surface area contributed by atoms with Crippen molar-refractivity contribution in [2.45, 2.75) is 71.6 Å². The highest BCUT2D eigenvalue weighted by Gasteiger charge is 2.45. The van der Waals surface area contributed by atoms with Crippen molar-refractivity contribution in [3.05, 3.63) is 23.3 Å². The zero-order valence-electron chi connectivity index (χ0n) is 21.9. The van der Waals surface area contributed by atoms with E-state index in [1.807, 2.05) is 31.7 Å². The summed E-state index contributed by atoms with van der Waals surface area (Å²) in [7, 11) is 1.52. The number of nitrogens with zero attached hydrogens (tertiary/aromatic N) is 2. The molecule has 194 valence electrons. The van der Waals surface area contributed by atoms with Crippen LogP contribution in [0, 0.1) is 6.92 Å². The lowest BCUT2D eigenvalue weighted by Crippen LogP contribution is -2.58. The van der Waals surface area contributed by atoms with Gasteiger partial charge in [0.1, 0.15) is 5.75 Å². The first kappa shape index (κ1) is 26.9. The van der Waals surface area contributed by atoms with Crippen LogP contribution >= 0.6 is 0 Å². The minimum Gasteiger partial charge on any atom is -0.473 e. The molecule has 3 rings (SSSR count). The number of ether oxygens (including phenoxy) is 2. The Balaban J connectivity index is 1.99. The predicted octanol–water partition coefficient (Wildman–Crippen LogP) is 2.25. The summed E-state index contributed by atoms with van der Waals surface area (Å²) < 4.78 is 11.4. The first-order valence-electron chi connectivity index (χ1n) is 12.6. The van der Waals surface area contributed by atoms with Crippen LogP contribution in [-0.2, 0) is 14.3 Å². The van der Waals surface area contributed by atoms with E-state index in [0.29, 0.717) is 30.0 Å². The van der Waals surface area contributed by atoms with E-state index in [-0.39, 0.29) is 43.0 Å². The summed E-state index contributed by atoms with van der Waals surface area (Å²) in [4.78, 5) is 42.7. The molecule has 2 aliphatic heterocycles. The van der Waals surface area contributed by atoms with Gasteiger partial charge in [0.05, 0.1) is 12.3 Å². The standard InChI is InChI=1S/C26H40N4O5/c1-7-23(31)28-11-12-29-21-14-20(24(32)30(17(2)3)19-9-8-10-27-15-19)18(4)13-22(21)35-26(5,16-34-6)25(29)33/h13-14,17,19,27H,7-12,15-16H2,1-6H3,(H,28,31)/t19-,26-/m1/s1.